The first-order chi connectivity index (χ1) is 10.5. The Hall–Kier alpha value is -2.89. The topological polar surface area (TPSA) is 79.7 Å². The Kier molecular flexibility index (Phi) is 4.73. The molecule has 0 spiro atoms. The summed E-state index contributed by atoms with van der Waals surface area (Å²) in [4.78, 5) is 29.5. The number of carbonyl (C=O) groups excluding carboxylic acids is 2. The van der Waals surface area contributed by atoms with Gasteiger partial charge in [0.1, 0.15) is 17.1 Å². The third kappa shape index (κ3) is 3.41. The fraction of sp³-hybridized carbons (Fsp3) is 0.188. The molecular formula is C16H16N2O4. The molecule has 0 unspecified atom stereocenters. The average molecular weight is 300 g/mol. The zero-order valence-corrected chi connectivity index (χ0v) is 12.3. The number of aromatic nitrogens is 1. The van der Waals surface area contributed by atoms with Crippen molar-refractivity contribution in [3.63, 3.8) is 0 Å². The van der Waals surface area contributed by atoms with Crippen molar-refractivity contribution in [2.24, 2.45) is 0 Å². The van der Waals surface area contributed by atoms with Gasteiger partial charge in [0.25, 0.3) is 5.91 Å². The molecule has 1 heterocycles. The van der Waals surface area contributed by atoms with Gasteiger partial charge in [0.05, 0.1) is 6.61 Å². The van der Waals surface area contributed by atoms with Gasteiger partial charge in [-0.2, -0.15) is 0 Å². The second kappa shape index (κ2) is 6.71. The number of rotatable bonds is 4. The third-order valence-electron chi connectivity index (χ3n) is 2.99. The zero-order chi connectivity index (χ0) is 16.1. The highest BCUT2D eigenvalue weighted by molar-refractivity contribution is 6.05. The number of anilines is 1. The molecule has 0 saturated carbocycles. The molecule has 1 amide bonds. The van der Waals surface area contributed by atoms with Gasteiger partial charge < -0.3 is 14.7 Å². The summed E-state index contributed by atoms with van der Waals surface area (Å²) in [6.07, 6.45) is 0. The summed E-state index contributed by atoms with van der Waals surface area (Å²) in [5, 5.41) is 9.27. The van der Waals surface area contributed by atoms with Crippen LogP contribution < -0.4 is 4.90 Å². The van der Waals surface area contributed by atoms with Crippen LogP contribution in [0.25, 0.3) is 0 Å². The highest BCUT2D eigenvalue weighted by Gasteiger charge is 2.17. The van der Waals surface area contributed by atoms with Gasteiger partial charge in [0.2, 0.25) is 0 Å². The number of amides is 1. The minimum atomic E-state index is -0.565. The molecule has 22 heavy (non-hydrogen) atoms. The maximum Gasteiger partial charge on any atom is 0.356 e. The number of hydrogen-bond acceptors (Lipinski definition) is 5. The van der Waals surface area contributed by atoms with Crippen molar-refractivity contribution in [1.29, 1.82) is 0 Å². The van der Waals surface area contributed by atoms with Gasteiger partial charge in [-0.15, -0.1) is 0 Å². The third-order valence-corrected chi connectivity index (χ3v) is 2.99. The highest BCUT2D eigenvalue weighted by Crippen LogP contribution is 2.18. The van der Waals surface area contributed by atoms with Crippen molar-refractivity contribution in [3.05, 3.63) is 53.9 Å². The molecule has 6 nitrogen and oxygen atoms in total. The summed E-state index contributed by atoms with van der Waals surface area (Å²) in [5.74, 6) is -0.812. The summed E-state index contributed by atoms with van der Waals surface area (Å²) >= 11 is 0. The summed E-state index contributed by atoms with van der Waals surface area (Å²) in [7, 11) is 1.59. The van der Waals surface area contributed by atoms with Crippen molar-refractivity contribution >= 4 is 17.6 Å². The normalized spacial score (nSPS) is 10.1. The molecule has 1 aromatic carbocycles. The van der Waals surface area contributed by atoms with E-state index in [1.54, 1.807) is 32.2 Å². The lowest BCUT2D eigenvalue weighted by Crippen LogP contribution is -2.27. The molecule has 0 fully saturated rings. The Labute approximate surface area is 128 Å². The first kappa shape index (κ1) is 15.5. The van der Waals surface area contributed by atoms with E-state index >= 15 is 0 Å². The van der Waals surface area contributed by atoms with Crippen LogP contribution >= 0.6 is 0 Å². The number of ether oxygens (including phenoxy) is 1. The molecule has 114 valence electrons. The molecule has 1 aromatic heterocycles. The smallest absolute Gasteiger partial charge is 0.356 e. The van der Waals surface area contributed by atoms with E-state index in [-0.39, 0.29) is 29.7 Å². The van der Waals surface area contributed by atoms with Crippen LogP contribution in [0.1, 0.15) is 27.9 Å². The van der Waals surface area contributed by atoms with E-state index in [9.17, 15) is 14.7 Å². The minimum Gasteiger partial charge on any atom is -0.508 e. The molecule has 0 aliphatic heterocycles. The zero-order valence-electron chi connectivity index (χ0n) is 12.3. The van der Waals surface area contributed by atoms with E-state index in [1.165, 1.54) is 29.2 Å². The Bertz CT molecular complexity index is 683. The Morgan fingerprint density at radius 2 is 1.77 bits per heavy atom. The van der Waals surface area contributed by atoms with E-state index in [1.807, 2.05) is 0 Å². The van der Waals surface area contributed by atoms with Gasteiger partial charge in [-0.1, -0.05) is 6.07 Å². The second-order valence-electron chi connectivity index (χ2n) is 4.51. The van der Waals surface area contributed by atoms with E-state index in [0.717, 1.165) is 0 Å². The number of pyridine rings is 1. The van der Waals surface area contributed by atoms with Gasteiger partial charge in [0.15, 0.2) is 0 Å². The number of phenolic OH excluding ortho intramolecular Hbond substituents is 1. The maximum atomic E-state index is 12.4. The predicted octanol–water partition coefficient (Wildman–Crippen LogP) is 2.24. The molecule has 0 radical (unpaired) electrons. The largest absolute Gasteiger partial charge is 0.508 e. The van der Waals surface area contributed by atoms with E-state index < -0.39 is 5.97 Å². The van der Waals surface area contributed by atoms with Gasteiger partial charge in [-0.3, -0.25) is 4.79 Å². The monoisotopic (exact) mass is 300 g/mol. The van der Waals surface area contributed by atoms with Crippen LogP contribution in [0.2, 0.25) is 0 Å². The standard InChI is InChI=1S/C16H16N2O4/c1-3-22-16(21)14-6-4-5-13(17-14)15(20)18(2)11-7-9-12(19)10-8-11/h4-10,19H,3H2,1-2H3. The van der Waals surface area contributed by atoms with Crippen LogP contribution in [-0.4, -0.2) is 35.6 Å². The average Bonchev–Trinajstić information content (AvgIpc) is 2.54. The quantitative estimate of drug-likeness (QED) is 0.876. The van der Waals surface area contributed by atoms with Crippen LogP contribution in [0.3, 0.4) is 0 Å². The highest BCUT2D eigenvalue weighted by atomic mass is 16.5. The second-order valence-corrected chi connectivity index (χ2v) is 4.51. The van der Waals surface area contributed by atoms with Crippen molar-refractivity contribution in [1.82, 2.24) is 4.98 Å². The van der Waals surface area contributed by atoms with Crippen molar-refractivity contribution in [2.45, 2.75) is 6.92 Å². The molecule has 2 aromatic rings. The molecule has 0 atom stereocenters. The fourth-order valence-electron chi connectivity index (χ4n) is 1.84. The van der Waals surface area contributed by atoms with Gasteiger partial charge in [-0.25, -0.2) is 9.78 Å². The van der Waals surface area contributed by atoms with Crippen LogP contribution in [-0.2, 0) is 4.74 Å². The van der Waals surface area contributed by atoms with Crippen molar-refractivity contribution in [3.8, 4) is 5.75 Å². The number of phenols is 1. The number of hydrogen-bond donors (Lipinski definition) is 1. The first-order valence-electron chi connectivity index (χ1n) is 6.74. The van der Waals surface area contributed by atoms with Crippen molar-refractivity contribution in [2.75, 3.05) is 18.6 Å². The molecule has 0 aliphatic carbocycles. The van der Waals surface area contributed by atoms with Gasteiger partial charge in [0, 0.05) is 12.7 Å². The predicted molar refractivity (Wildman–Crippen MR) is 81.0 cm³/mol. The van der Waals surface area contributed by atoms with Crippen LogP contribution in [0.4, 0.5) is 5.69 Å². The Balaban J connectivity index is 2.23. The van der Waals surface area contributed by atoms with E-state index in [0.29, 0.717) is 5.69 Å². The van der Waals surface area contributed by atoms with Gasteiger partial charge in [-0.05, 0) is 43.3 Å². The number of benzene rings is 1. The summed E-state index contributed by atoms with van der Waals surface area (Å²) < 4.78 is 4.87. The number of esters is 1. The molecule has 0 saturated heterocycles. The Morgan fingerprint density at radius 1 is 1.14 bits per heavy atom. The molecular weight excluding hydrogens is 284 g/mol. The summed E-state index contributed by atoms with van der Waals surface area (Å²) in [6, 6.07) is 10.8. The number of carbonyl (C=O) groups is 2. The molecule has 1 N–H and O–H groups in total. The lowest BCUT2D eigenvalue weighted by molar-refractivity contribution is 0.0519. The SMILES string of the molecule is CCOC(=O)c1cccc(C(=O)N(C)c2ccc(O)cc2)n1. The lowest BCUT2D eigenvalue weighted by atomic mass is 10.2. The van der Waals surface area contributed by atoms with Crippen LogP contribution in [0.5, 0.6) is 5.75 Å². The fourth-order valence-corrected chi connectivity index (χ4v) is 1.84. The molecule has 0 bridgehead atoms. The molecule has 2 rings (SSSR count). The molecule has 0 aliphatic rings. The summed E-state index contributed by atoms with van der Waals surface area (Å²) in [5.41, 5.74) is 0.832. The maximum absolute atomic E-state index is 12.4. The number of nitrogens with zero attached hydrogens (tertiary/aromatic N) is 2. The van der Waals surface area contributed by atoms with Crippen molar-refractivity contribution < 1.29 is 19.4 Å². The van der Waals surface area contributed by atoms with Crippen LogP contribution in [0, 0.1) is 0 Å². The molecule has 6 heteroatoms. The first-order valence-corrected chi connectivity index (χ1v) is 6.74. The van der Waals surface area contributed by atoms with Gasteiger partial charge >= 0.3 is 5.97 Å². The van der Waals surface area contributed by atoms with E-state index in [4.69, 9.17) is 4.74 Å². The Morgan fingerprint density at radius 3 is 2.41 bits per heavy atom. The summed E-state index contributed by atoms with van der Waals surface area (Å²) in [6.45, 7) is 1.94. The minimum absolute atomic E-state index is 0.0896. The number of aromatic hydroxyl groups is 1. The van der Waals surface area contributed by atoms with E-state index in [2.05, 4.69) is 4.98 Å². The van der Waals surface area contributed by atoms with Crippen LogP contribution in [0.15, 0.2) is 42.5 Å². The lowest BCUT2D eigenvalue weighted by Gasteiger charge is -2.17.